The Hall–Kier alpha value is -1.36. The molecule has 0 aromatic heterocycles. The number of benzene rings is 2. The lowest BCUT2D eigenvalue weighted by molar-refractivity contribution is -0.142. The molecule has 0 N–H and O–H groups in total. The summed E-state index contributed by atoms with van der Waals surface area (Å²) in [7, 11) is 0. The van der Waals surface area contributed by atoms with Crippen molar-refractivity contribution in [2.75, 3.05) is 6.61 Å². The fourth-order valence-electron chi connectivity index (χ4n) is 2.17. The Balaban J connectivity index is 2.30. The van der Waals surface area contributed by atoms with Gasteiger partial charge in [0.1, 0.15) is 5.25 Å². The van der Waals surface area contributed by atoms with Gasteiger partial charge in [0.2, 0.25) is 0 Å². The van der Waals surface area contributed by atoms with Crippen molar-refractivity contribution in [2.45, 2.75) is 19.1 Å². The summed E-state index contributed by atoms with van der Waals surface area (Å²) in [5, 5.41) is 0.263. The van der Waals surface area contributed by atoms with E-state index < -0.39 is 5.25 Å². The summed E-state index contributed by atoms with van der Waals surface area (Å²) in [6, 6.07) is 15.4. The van der Waals surface area contributed by atoms with Crippen LogP contribution in [-0.4, -0.2) is 16.8 Å². The number of thiocarbonyl (C=S) groups is 1. The summed E-state index contributed by atoms with van der Waals surface area (Å²) < 4.78 is 5.86. The number of ether oxygens (including phenoxy) is 1. The van der Waals surface area contributed by atoms with Gasteiger partial charge in [0, 0.05) is 14.8 Å². The topological polar surface area (TPSA) is 26.3 Å². The van der Waals surface area contributed by atoms with Crippen molar-refractivity contribution in [3.05, 3.63) is 59.1 Å². The van der Waals surface area contributed by atoms with Crippen LogP contribution in [0.3, 0.4) is 0 Å². The van der Waals surface area contributed by atoms with Crippen LogP contribution in [0.4, 0.5) is 0 Å². The molecule has 0 amide bonds. The maximum Gasteiger partial charge on any atom is 0.323 e. The average Bonchev–Trinajstić information content (AvgIpc) is 2.53. The summed E-state index contributed by atoms with van der Waals surface area (Å²) in [5.74, 6) is -0.271. The van der Waals surface area contributed by atoms with Crippen molar-refractivity contribution in [3.8, 4) is 11.1 Å². The summed E-state index contributed by atoms with van der Waals surface area (Å²) in [5.41, 5.74) is 2.84. The highest BCUT2D eigenvalue weighted by molar-refractivity contribution is 8.23. The van der Waals surface area contributed by atoms with Crippen molar-refractivity contribution in [3.63, 3.8) is 0 Å². The first-order valence-electron chi connectivity index (χ1n) is 7.21. The van der Waals surface area contributed by atoms with Crippen LogP contribution in [0, 0.1) is 0 Å². The van der Waals surface area contributed by atoms with Crippen LogP contribution in [0.1, 0.15) is 24.7 Å². The lowest BCUT2D eigenvalue weighted by atomic mass is 10.0. The highest BCUT2D eigenvalue weighted by Gasteiger charge is 2.23. The van der Waals surface area contributed by atoms with E-state index in [0.717, 1.165) is 16.7 Å². The van der Waals surface area contributed by atoms with Gasteiger partial charge in [-0.2, -0.15) is 0 Å². The Morgan fingerprint density at radius 1 is 1.22 bits per heavy atom. The molecular formula is C18H17ClO2S2. The molecule has 0 saturated carbocycles. The molecule has 0 aliphatic rings. The first kappa shape index (κ1) is 18.0. The third-order valence-corrected chi connectivity index (χ3v) is 4.83. The molecule has 0 heterocycles. The van der Waals surface area contributed by atoms with E-state index in [1.54, 1.807) is 6.92 Å². The molecule has 2 aromatic rings. The predicted octanol–water partition coefficient (Wildman–Crippen LogP) is 5.69. The second-order valence-corrected chi connectivity index (χ2v) is 7.44. The second-order valence-electron chi connectivity index (χ2n) is 4.84. The zero-order chi connectivity index (χ0) is 16.8. The summed E-state index contributed by atoms with van der Waals surface area (Å²) in [4.78, 5) is 12.2. The van der Waals surface area contributed by atoms with Gasteiger partial charge in [0.05, 0.1) is 6.61 Å². The van der Waals surface area contributed by atoms with Gasteiger partial charge < -0.3 is 4.74 Å². The molecule has 0 spiro atoms. The predicted molar refractivity (Wildman–Crippen MR) is 102 cm³/mol. The lowest BCUT2D eigenvalue weighted by Crippen LogP contribution is -2.14. The van der Waals surface area contributed by atoms with Crippen LogP contribution >= 0.6 is 35.6 Å². The number of carbonyl (C=O) groups is 1. The van der Waals surface area contributed by atoms with E-state index in [-0.39, 0.29) is 5.97 Å². The number of hydrogen-bond donors (Lipinski definition) is 0. The summed E-state index contributed by atoms with van der Waals surface area (Å²) >= 11 is 12.7. The van der Waals surface area contributed by atoms with Crippen molar-refractivity contribution in [2.24, 2.45) is 0 Å². The first-order chi connectivity index (χ1) is 11.0. The molecule has 2 nitrogen and oxygen atoms in total. The van der Waals surface area contributed by atoms with Crippen LogP contribution in [0.2, 0.25) is 5.02 Å². The molecule has 2 aromatic carbocycles. The van der Waals surface area contributed by atoms with Gasteiger partial charge in [0.25, 0.3) is 0 Å². The Bertz CT molecular complexity index is 698. The smallest absolute Gasteiger partial charge is 0.323 e. The van der Waals surface area contributed by atoms with E-state index in [4.69, 9.17) is 28.6 Å². The molecule has 1 atom stereocenters. The molecule has 2 rings (SSSR count). The van der Waals surface area contributed by atoms with E-state index in [9.17, 15) is 4.79 Å². The minimum atomic E-state index is -0.437. The molecule has 23 heavy (non-hydrogen) atoms. The van der Waals surface area contributed by atoms with Gasteiger partial charge >= 0.3 is 5.97 Å². The monoisotopic (exact) mass is 364 g/mol. The van der Waals surface area contributed by atoms with E-state index in [2.05, 4.69) is 0 Å². The van der Waals surface area contributed by atoms with E-state index in [1.165, 1.54) is 11.8 Å². The maximum absolute atomic E-state index is 12.2. The number of carbonyl (C=O) groups excluding carboxylic acids is 1. The first-order valence-corrected chi connectivity index (χ1v) is 8.88. The zero-order valence-corrected chi connectivity index (χ0v) is 15.3. The lowest BCUT2D eigenvalue weighted by Gasteiger charge is -2.15. The van der Waals surface area contributed by atoms with Crippen LogP contribution in [-0.2, 0) is 9.53 Å². The minimum absolute atomic E-state index is 0.271. The summed E-state index contributed by atoms with van der Waals surface area (Å²) in [6.45, 7) is 3.96. The van der Waals surface area contributed by atoms with Gasteiger partial charge in [-0.05, 0) is 31.0 Å². The van der Waals surface area contributed by atoms with Gasteiger partial charge in [-0.25, -0.2) is 0 Å². The molecule has 0 fully saturated rings. The van der Waals surface area contributed by atoms with Crippen molar-refractivity contribution in [1.29, 1.82) is 0 Å². The van der Waals surface area contributed by atoms with Crippen LogP contribution in [0.5, 0.6) is 0 Å². The van der Waals surface area contributed by atoms with Crippen molar-refractivity contribution < 1.29 is 9.53 Å². The molecule has 0 radical (unpaired) electrons. The Morgan fingerprint density at radius 2 is 1.87 bits per heavy atom. The zero-order valence-electron chi connectivity index (χ0n) is 12.9. The fraction of sp³-hybridized carbons (Fsp3) is 0.222. The van der Waals surface area contributed by atoms with Gasteiger partial charge in [0.15, 0.2) is 0 Å². The number of halogens is 1. The maximum atomic E-state index is 12.2. The quantitative estimate of drug-likeness (QED) is 0.502. The molecule has 0 saturated heterocycles. The second kappa shape index (κ2) is 8.48. The van der Waals surface area contributed by atoms with E-state index >= 15 is 0 Å². The van der Waals surface area contributed by atoms with E-state index in [0.29, 0.717) is 15.8 Å². The number of thioether (sulfide) groups is 1. The normalized spacial score (nSPS) is 11.8. The van der Waals surface area contributed by atoms with Crippen LogP contribution in [0.15, 0.2) is 48.5 Å². The fourth-order valence-corrected chi connectivity index (χ4v) is 3.49. The van der Waals surface area contributed by atoms with E-state index in [1.807, 2.05) is 55.5 Å². The molecular weight excluding hydrogens is 348 g/mol. The largest absolute Gasteiger partial charge is 0.465 e. The minimum Gasteiger partial charge on any atom is -0.465 e. The molecule has 0 bridgehead atoms. The number of esters is 1. The Morgan fingerprint density at radius 3 is 2.43 bits per heavy atom. The third-order valence-electron chi connectivity index (χ3n) is 3.18. The van der Waals surface area contributed by atoms with Gasteiger partial charge in [-0.15, -0.1) is 0 Å². The molecule has 1 unspecified atom stereocenters. The van der Waals surface area contributed by atoms with Gasteiger partial charge in [-0.1, -0.05) is 78.0 Å². The summed E-state index contributed by atoms with van der Waals surface area (Å²) in [6.07, 6.45) is 0. The molecule has 120 valence electrons. The van der Waals surface area contributed by atoms with Gasteiger partial charge in [-0.3, -0.25) is 4.79 Å². The molecule has 0 aliphatic heterocycles. The van der Waals surface area contributed by atoms with Crippen molar-refractivity contribution in [1.82, 2.24) is 0 Å². The average molecular weight is 365 g/mol. The SMILES string of the molecule is CCOC(=O)C(SC(C)=S)c1ccc(-c2ccccc2Cl)cc1. The van der Waals surface area contributed by atoms with Crippen molar-refractivity contribution >= 4 is 45.7 Å². The van der Waals surface area contributed by atoms with Crippen LogP contribution < -0.4 is 0 Å². The number of rotatable bonds is 5. The Labute approximate surface area is 151 Å². The van der Waals surface area contributed by atoms with Crippen LogP contribution in [0.25, 0.3) is 11.1 Å². The highest BCUT2D eigenvalue weighted by atomic mass is 35.5. The third kappa shape index (κ3) is 4.80. The highest BCUT2D eigenvalue weighted by Crippen LogP contribution is 2.34. The standard InChI is InChI=1S/C18H17ClO2S2/c1-3-21-18(20)17(23-12(2)22)14-10-8-13(9-11-14)15-6-4-5-7-16(15)19/h4-11,17H,3H2,1-2H3. The molecule has 0 aliphatic carbocycles. The Kier molecular flexibility index (Phi) is 6.63. The molecule has 5 heteroatoms. The number of hydrogen-bond acceptors (Lipinski definition) is 4.